The quantitative estimate of drug-likeness (QED) is 0.720. The van der Waals surface area contributed by atoms with Crippen molar-refractivity contribution in [2.24, 2.45) is 0 Å². The Morgan fingerprint density at radius 1 is 1.50 bits per heavy atom. The van der Waals surface area contributed by atoms with E-state index in [1.54, 1.807) is 6.20 Å². The monoisotopic (exact) mass is 246 g/mol. The lowest BCUT2D eigenvalue weighted by Crippen LogP contribution is -2.45. The number of carbonyl (C=O) groups is 1. The third-order valence-corrected chi connectivity index (χ3v) is 2.96. The second-order valence-corrected chi connectivity index (χ2v) is 4.19. The van der Waals surface area contributed by atoms with Crippen LogP contribution >= 0.6 is 0 Å². The Balaban J connectivity index is 1.79. The summed E-state index contributed by atoms with van der Waals surface area (Å²) in [6.45, 7) is 1.91. The molecule has 1 saturated heterocycles. The highest BCUT2D eigenvalue weighted by molar-refractivity contribution is 6.02. The number of ether oxygens (including phenoxy) is 1. The predicted molar refractivity (Wildman–Crippen MR) is 67.3 cm³/mol. The average Bonchev–Trinajstić information content (AvgIpc) is 2.89. The first-order chi connectivity index (χ1) is 8.84. The van der Waals surface area contributed by atoms with Crippen molar-refractivity contribution in [2.75, 3.05) is 25.0 Å². The van der Waals surface area contributed by atoms with Gasteiger partial charge >= 0.3 is 0 Å². The molecule has 1 aliphatic rings. The van der Waals surface area contributed by atoms with Crippen molar-refractivity contribution in [3.8, 4) is 0 Å². The summed E-state index contributed by atoms with van der Waals surface area (Å²) in [5.74, 6) is -0.129. The molecule has 94 valence electrons. The van der Waals surface area contributed by atoms with Gasteiger partial charge in [0.2, 0.25) is 0 Å². The van der Waals surface area contributed by atoms with Gasteiger partial charge in [-0.3, -0.25) is 9.89 Å². The molecule has 18 heavy (non-hydrogen) atoms. The smallest absolute Gasteiger partial charge is 0.254 e. The predicted octanol–water partition coefficient (Wildman–Crippen LogP) is 0.490. The van der Waals surface area contributed by atoms with Crippen LogP contribution in [-0.2, 0) is 9.53 Å². The maximum Gasteiger partial charge on any atom is 0.254 e. The van der Waals surface area contributed by atoms with Crippen LogP contribution in [-0.4, -0.2) is 41.9 Å². The zero-order valence-corrected chi connectivity index (χ0v) is 9.77. The molecule has 1 aromatic carbocycles. The lowest BCUT2D eigenvalue weighted by Gasteiger charge is -2.22. The molecule has 3 rings (SSSR count). The second kappa shape index (κ2) is 4.75. The van der Waals surface area contributed by atoms with Crippen LogP contribution in [0.15, 0.2) is 24.4 Å². The summed E-state index contributed by atoms with van der Waals surface area (Å²) >= 11 is 0. The molecule has 1 unspecified atom stereocenters. The molecule has 1 aliphatic heterocycles. The number of fused-ring (bicyclic) bond motifs is 1. The molecule has 2 heterocycles. The van der Waals surface area contributed by atoms with Crippen molar-refractivity contribution in [3.63, 3.8) is 0 Å². The van der Waals surface area contributed by atoms with Crippen LogP contribution in [0.1, 0.15) is 0 Å². The maximum absolute atomic E-state index is 12.0. The van der Waals surface area contributed by atoms with E-state index in [1.165, 1.54) is 0 Å². The molecule has 0 radical (unpaired) electrons. The molecule has 6 heteroatoms. The highest BCUT2D eigenvalue weighted by Crippen LogP contribution is 2.21. The summed E-state index contributed by atoms with van der Waals surface area (Å²) in [6.07, 6.45) is 1.27. The highest BCUT2D eigenvalue weighted by atomic mass is 16.5. The van der Waals surface area contributed by atoms with Gasteiger partial charge in [-0.15, -0.1) is 0 Å². The van der Waals surface area contributed by atoms with Crippen molar-refractivity contribution in [2.45, 2.75) is 6.10 Å². The third kappa shape index (κ3) is 2.07. The molecule has 1 aromatic heterocycles. The standard InChI is InChI=1S/C12H14N4O2/c17-12(11-7-13-4-5-18-11)15-9-2-1-3-10-8(9)6-14-16-10/h1-3,6,11,13H,4-5,7H2,(H,14,16)(H,15,17). The number of hydrogen-bond acceptors (Lipinski definition) is 4. The molecular formula is C12H14N4O2. The minimum absolute atomic E-state index is 0.129. The summed E-state index contributed by atoms with van der Waals surface area (Å²) in [7, 11) is 0. The second-order valence-electron chi connectivity index (χ2n) is 4.19. The molecule has 2 aromatic rings. The average molecular weight is 246 g/mol. The Morgan fingerprint density at radius 3 is 3.28 bits per heavy atom. The molecular weight excluding hydrogens is 232 g/mol. The minimum Gasteiger partial charge on any atom is -0.366 e. The summed E-state index contributed by atoms with van der Waals surface area (Å²) in [5.41, 5.74) is 1.65. The lowest BCUT2D eigenvalue weighted by molar-refractivity contribution is -0.128. The van der Waals surface area contributed by atoms with Crippen LogP contribution in [0.25, 0.3) is 10.9 Å². The minimum atomic E-state index is -0.430. The fourth-order valence-corrected chi connectivity index (χ4v) is 2.02. The SMILES string of the molecule is O=C(Nc1cccc2[nH]ncc12)C1CNCCO1. The van der Waals surface area contributed by atoms with E-state index < -0.39 is 6.10 Å². The van der Waals surface area contributed by atoms with Crippen LogP contribution in [0.2, 0.25) is 0 Å². The molecule has 0 aliphatic carbocycles. The number of nitrogens with one attached hydrogen (secondary N) is 3. The van der Waals surface area contributed by atoms with E-state index in [0.717, 1.165) is 23.1 Å². The number of rotatable bonds is 2. The van der Waals surface area contributed by atoms with E-state index in [1.807, 2.05) is 18.2 Å². The molecule has 1 fully saturated rings. The van der Waals surface area contributed by atoms with Crippen molar-refractivity contribution in [3.05, 3.63) is 24.4 Å². The van der Waals surface area contributed by atoms with Gasteiger partial charge in [-0.1, -0.05) is 6.07 Å². The Labute approximate surface area is 104 Å². The fourth-order valence-electron chi connectivity index (χ4n) is 2.02. The molecule has 1 atom stereocenters. The first-order valence-corrected chi connectivity index (χ1v) is 5.90. The van der Waals surface area contributed by atoms with Gasteiger partial charge in [0.15, 0.2) is 0 Å². The molecule has 3 N–H and O–H groups in total. The summed E-state index contributed by atoms with van der Waals surface area (Å²) in [6, 6.07) is 5.64. The molecule has 0 saturated carbocycles. The largest absolute Gasteiger partial charge is 0.366 e. The van der Waals surface area contributed by atoms with E-state index >= 15 is 0 Å². The number of carbonyl (C=O) groups excluding carboxylic acids is 1. The van der Waals surface area contributed by atoms with Gasteiger partial charge in [0.1, 0.15) is 6.10 Å². The molecule has 1 amide bonds. The zero-order chi connectivity index (χ0) is 12.4. The van der Waals surface area contributed by atoms with Crippen molar-refractivity contribution in [1.29, 1.82) is 0 Å². The number of aromatic nitrogens is 2. The van der Waals surface area contributed by atoms with Crippen molar-refractivity contribution < 1.29 is 9.53 Å². The third-order valence-electron chi connectivity index (χ3n) is 2.96. The summed E-state index contributed by atoms with van der Waals surface area (Å²) in [5, 5.41) is 13.7. The molecule has 6 nitrogen and oxygen atoms in total. The Bertz CT molecular complexity index is 560. The number of hydrogen-bond donors (Lipinski definition) is 3. The number of amides is 1. The number of nitrogens with zero attached hydrogens (tertiary/aromatic N) is 1. The lowest BCUT2D eigenvalue weighted by atomic mass is 10.2. The van der Waals surface area contributed by atoms with Crippen LogP contribution in [0.4, 0.5) is 5.69 Å². The van der Waals surface area contributed by atoms with Crippen molar-refractivity contribution >= 4 is 22.5 Å². The van der Waals surface area contributed by atoms with Gasteiger partial charge in [0.05, 0.1) is 24.0 Å². The van der Waals surface area contributed by atoms with E-state index in [0.29, 0.717) is 13.2 Å². The van der Waals surface area contributed by atoms with Gasteiger partial charge in [-0.2, -0.15) is 5.10 Å². The van der Waals surface area contributed by atoms with E-state index in [-0.39, 0.29) is 5.91 Å². The topological polar surface area (TPSA) is 79.0 Å². The van der Waals surface area contributed by atoms with E-state index in [9.17, 15) is 4.79 Å². The fraction of sp³-hybridized carbons (Fsp3) is 0.333. The van der Waals surface area contributed by atoms with Crippen LogP contribution < -0.4 is 10.6 Å². The Hall–Kier alpha value is -1.92. The van der Waals surface area contributed by atoms with E-state index in [4.69, 9.17) is 4.74 Å². The Kier molecular flexibility index (Phi) is 2.95. The first-order valence-electron chi connectivity index (χ1n) is 5.90. The maximum atomic E-state index is 12.0. The van der Waals surface area contributed by atoms with Gasteiger partial charge in [0, 0.05) is 18.5 Å². The first kappa shape index (κ1) is 11.2. The van der Waals surface area contributed by atoms with Gasteiger partial charge in [-0.25, -0.2) is 0 Å². The highest BCUT2D eigenvalue weighted by Gasteiger charge is 2.22. The van der Waals surface area contributed by atoms with E-state index in [2.05, 4.69) is 20.8 Å². The van der Waals surface area contributed by atoms with Crippen LogP contribution in [0, 0.1) is 0 Å². The number of H-pyrrole nitrogens is 1. The van der Waals surface area contributed by atoms with Crippen molar-refractivity contribution in [1.82, 2.24) is 15.5 Å². The van der Waals surface area contributed by atoms with Gasteiger partial charge in [0.25, 0.3) is 5.91 Å². The number of benzene rings is 1. The summed E-state index contributed by atoms with van der Waals surface area (Å²) in [4.78, 5) is 12.0. The summed E-state index contributed by atoms with van der Waals surface area (Å²) < 4.78 is 5.41. The number of morpholine rings is 1. The van der Waals surface area contributed by atoms with Crippen LogP contribution in [0.5, 0.6) is 0 Å². The number of aromatic amines is 1. The normalized spacial score (nSPS) is 19.9. The Morgan fingerprint density at radius 2 is 2.44 bits per heavy atom. The number of anilines is 1. The van der Waals surface area contributed by atoms with Gasteiger partial charge in [-0.05, 0) is 12.1 Å². The molecule has 0 spiro atoms. The van der Waals surface area contributed by atoms with Crippen LogP contribution in [0.3, 0.4) is 0 Å². The molecule has 0 bridgehead atoms. The van der Waals surface area contributed by atoms with Gasteiger partial charge < -0.3 is 15.4 Å². The zero-order valence-electron chi connectivity index (χ0n) is 9.77.